The van der Waals surface area contributed by atoms with E-state index in [1.165, 1.54) is 102 Å². The molecule has 0 aliphatic heterocycles. The van der Waals surface area contributed by atoms with Crippen LogP contribution in [0.25, 0.3) is 20.2 Å². The summed E-state index contributed by atoms with van der Waals surface area (Å²) < 4.78 is 19.0. The van der Waals surface area contributed by atoms with Crippen molar-refractivity contribution < 1.29 is 19.3 Å². The lowest BCUT2D eigenvalue weighted by atomic mass is 9.93. The summed E-state index contributed by atoms with van der Waals surface area (Å²) in [6, 6.07) is 16.9. The van der Waals surface area contributed by atoms with Gasteiger partial charge in [0.2, 0.25) is 0 Å². The summed E-state index contributed by atoms with van der Waals surface area (Å²) >= 11 is 3.56. The van der Waals surface area contributed by atoms with Crippen molar-refractivity contribution in [3.63, 3.8) is 0 Å². The number of thiophene rings is 2. The molecule has 0 radical (unpaired) electrons. The van der Waals surface area contributed by atoms with Crippen molar-refractivity contribution in [2.75, 3.05) is 21.3 Å². The van der Waals surface area contributed by atoms with Gasteiger partial charge in [0.05, 0.1) is 26.4 Å². The van der Waals surface area contributed by atoms with Gasteiger partial charge in [-0.1, -0.05) is 51.4 Å². The summed E-state index contributed by atoms with van der Waals surface area (Å²) in [6.07, 6.45) is 15.5. The first-order valence-corrected chi connectivity index (χ1v) is 17.1. The lowest BCUT2D eigenvalue weighted by molar-refractivity contribution is 0.0475. The van der Waals surface area contributed by atoms with E-state index >= 15 is 0 Å². The van der Waals surface area contributed by atoms with Gasteiger partial charge in [-0.05, 0) is 96.8 Å². The molecular formula is C35H46O4S2. The third kappa shape index (κ3) is 7.64. The van der Waals surface area contributed by atoms with Gasteiger partial charge in [-0.2, -0.15) is 0 Å². The summed E-state index contributed by atoms with van der Waals surface area (Å²) in [5.41, 5.74) is 0. The Labute approximate surface area is 253 Å². The fourth-order valence-corrected chi connectivity index (χ4v) is 9.06. The largest absolute Gasteiger partial charge is 0.497 e. The fraction of sp³-hybridized carbons (Fsp3) is 0.543. The van der Waals surface area contributed by atoms with Gasteiger partial charge < -0.3 is 19.3 Å². The van der Waals surface area contributed by atoms with Gasteiger partial charge in [0.25, 0.3) is 0 Å². The highest BCUT2D eigenvalue weighted by Gasteiger charge is 2.26. The van der Waals surface area contributed by atoms with Crippen LogP contribution in [-0.2, 0) is 4.74 Å². The van der Waals surface area contributed by atoms with Crippen LogP contribution in [-0.4, -0.2) is 26.4 Å². The second kappa shape index (κ2) is 14.9. The van der Waals surface area contributed by atoms with Crippen molar-refractivity contribution >= 4 is 42.8 Å². The number of aliphatic hydroxyl groups is 1. The van der Waals surface area contributed by atoms with Crippen molar-refractivity contribution in [3.05, 3.63) is 58.3 Å². The number of methoxy groups -OCH3 is 3. The molecule has 41 heavy (non-hydrogen) atoms. The zero-order valence-electron chi connectivity index (χ0n) is 24.9. The molecule has 2 aromatic heterocycles. The van der Waals surface area contributed by atoms with Gasteiger partial charge in [0.15, 0.2) is 0 Å². The molecule has 1 N–H and O–H groups in total. The molecule has 6 heteroatoms. The molecular weight excluding hydrogens is 549 g/mol. The maximum absolute atomic E-state index is 10.7. The third-order valence-corrected chi connectivity index (χ3v) is 11.3. The number of hydrogen-bond donors (Lipinski definition) is 1. The maximum Gasteiger partial charge on any atom is 0.120 e. The molecule has 2 aromatic carbocycles. The van der Waals surface area contributed by atoms with Crippen LogP contribution in [0.4, 0.5) is 0 Å². The van der Waals surface area contributed by atoms with E-state index in [2.05, 4.69) is 36.4 Å². The molecule has 2 aliphatic rings. The Kier molecular flexibility index (Phi) is 11.0. The van der Waals surface area contributed by atoms with Crippen LogP contribution in [0.1, 0.15) is 99.0 Å². The minimum Gasteiger partial charge on any atom is -0.497 e. The van der Waals surface area contributed by atoms with Crippen LogP contribution >= 0.6 is 22.7 Å². The zero-order chi connectivity index (χ0) is 28.6. The average molecular weight is 595 g/mol. The Morgan fingerprint density at radius 2 is 1.07 bits per heavy atom. The summed E-state index contributed by atoms with van der Waals surface area (Å²) in [6.45, 7) is 0. The van der Waals surface area contributed by atoms with E-state index in [9.17, 15) is 5.11 Å². The first-order valence-electron chi connectivity index (χ1n) is 15.5. The highest BCUT2D eigenvalue weighted by molar-refractivity contribution is 7.19. The number of benzene rings is 2. The van der Waals surface area contributed by atoms with Crippen molar-refractivity contribution in [1.82, 2.24) is 0 Å². The van der Waals surface area contributed by atoms with Crippen LogP contribution in [0.15, 0.2) is 48.5 Å². The van der Waals surface area contributed by atoms with Gasteiger partial charge in [-0.3, -0.25) is 0 Å². The topological polar surface area (TPSA) is 47.9 Å². The third-order valence-electron chi connectivity index (χ3n) is 8.99. The number of aliphatic hydroxyl groups excluding tert-OH is 1. The number of fused-ring (bicyclic) bond motifs is 2. The fourth-order valence-electron chi connectivity index (χ4n) is 6.62. The monoisotopic (exact) mass is 594 g/mol. The number of rotatable bonds is 7. The lowest BCUT2D eigenvalue weighted by Gasteiger charge is -2.23. The predicted molar refractivity (Wildman–Crippen MR) is 174 cm³/mol. The number of ether oxygens (including phenoxy) is 3. The van der Waals surface area contributed by atoms with Crippen LogP contribution in [0.3, 0.4) is 0 Å². The zero-order valence-corrected chi connectivity index (χ0v) is 26.5. The van der Waals surface area contributed by atoms with Crippen LogP contribution in [0, 0.1) is 11.8 Å². The van der Waals surface area contributed by atoms with Crippen LogP contribution < -0.4 is 9.47 Å². The molecule has 0 spiro atoms. The molecule has 0 saturated heterocycles. The van der Waals surface area contributed by atoms with Crippen LogP contribution in [0.5, 0.6) is 11.5 Å². The molecule has 4 nitrogen and oxygen atoms in total. The highest BCUT2D eigenvalue weighted by Crippen LogP contribution is 2.42. The molecule has 6 rings (SSSR count). The minimum absolute atomic E-state index is 0.256. The Hall–Kier alpha value is -2.12. The van der Waals surface area contributed by atoms with E-state index in [0.717, 1.165) is 16.4 Å². The van der Waals surface area contributed by atoms with Crippen molar-refractivity contribution in [2.24, 2.45) is 11.8 Å². The van der Waals surface area contributed by atoms with Crippen molar-refractivity contribution in [2.45, 2.75) is 89.3 Å². The normalized spacial score (nSPS) is 18.7. The van der Waals surface area contributed by atoms with Crippen LogP contribution in [0.2, 0.25) is 0 Å². The van der Waals surface area contributed by atoms with Crippen molar-refractivity contribution in [1.29, 1.82) is 0 Å². The van der Waals surface area contributed by atoms with E-state index in [1.807, 2.05) is 30.6 Å². The van der Waals surface area contributed by atoms with E-state index < -0.39 is 0 Å². The Morgan fingerprint density at radius 1 is 0.610 bits per heavy atom. The van der Waals surface area contributed by atoms with Gasteiger partial charge in [0, 0.05) is 26.3 Å². The summed E-state index contributed by atoms with van der Waals surface area (Å²) in [7, 11) is 5.27. The Bertz CT molecular complexity index is 1360. The van der Waals surface area contributed by atoms with E-state index in [1.54, 1.807) is 25.6 Å². The smallest absolute Gasteiger partial charge is 0.120 e. The molecule has 0 amide bonds. The molecule has 2 saturated carbocycles. The minimum atomic E-state index is -0.295. The van der Waals surface area contributed by atoms with Gasteiger partial charge >= 0.3 is 0 Å². The quantitative estimate of drug-likeness (QED) is 0.216. The standard InChI is InChI=1S/C18H24O2S.C17H22O2S/c1-19-15-10-9-14-11-17(21-16(14)12-15)18(20-2)13-7-5-3-4-6-8-13;1-19-14-9-8-13-10-16(20-15(13)11-14)17(18)12-6-4-2-3-5-7-12/h9-13,18H,3-8H2,1-2H3;8-12,17-18H,2-7H2,1H3. The Morgan fingerprint density at radius 3 is 1.56 bits per heavy atom. The lowest BCUT2D eigenvalue weighted by Crippen LogP contribution is -2.13. The molecule has 2 aliphatic carbocycles. The summed E-state index contributed by atoms with van der Waals surface area (Å²) in [5, 5.41) is 13.2. The van der Waals surface area contributed by atoms with Gasteiger partial charge in [-0.15, -0.1) is 22.7 Å². The molecule has 0 bridgehead atoms. The summed E-state index contributed by atoms with van der Waals surface area (Å²) in [5.74, 6) is 2.93. The summed E-state index contributed by atoms with van der Waals surface area (Å²) in [4.78, 5) is 2.48. The number of hydrogen-bond acceptors (Lipinski definition) is 6. The maximum atomic E-state index is 10.7. The molecule has 2 fully saturated rings. The predicted octanol–water partition coefficient (Wildman–Crippen LogP) is 10.5. The van der Waals surface area contributed by atoms with Gasteiger partial charge in [0.1, 0.15) is 11.5 Å². The molecule has 4 aromatic rings. The SMILES string of the molecule is COc1ccc2cc(C(O)C3CCCCCC3)sc2c1.COc1ccc2cc(C(OC)C3CCCCCC3)sc2c1. The molecule has 2 unspecified atom stereocenters. The molecule has 222 valence electrons. The van der Waals surface area contributed by atoms with E-state index in [0.29, 0.717) is 11.8 Å². The highest BCUT2D eigenvalue weighted by atomic mass is 32.1. The average Bonchev–Trinajstić information content (AvgIpc) is 3.37. The van der Waals surface area contributed by atoms with E-state index in [-0.39, 0.29) is 12.2 Å². The molecule has 2 atom stereocenters. The van der Waals surface area contributed by atoms with Gasteiger partial charge in [-0.25, -0.2) is 0 Å². The Balaban J connectivity index is 0.000000165. The second-order valence-corrected chi connectivity index (χ2v) is 13.9. The van der Waals surface area contributed by atoms with Crippen molar-refractivity contribution in [3.8, 4) is 11.5 Å². The van der Waals surface area contributed by atoms with E-state index in [4.69, 9.17) is 14.2 Å². The second-order valence-electron chi connectivity index (χ2n) is 11.7. The first kappa shape index (κ1) is 30.3. The first-order chi connectivity index (χ1) is 20.1. The molecule has 2 heterocycles.